The van der Waals surface area contributed by atoms with E-state index in [4.69, 9.17) is 4.74 Å². The third kappa shape index (κ3) is 1.33. The second-order valence-corrected chi connectivity index (χ2v) is 2.85. The van der Waals surface area contributed by atoms with E-state index in [9.17, 15) is 0 Å². The van der Waals surface area contributed by atoms with E-state index in [2.05, 4.69) is 9.97 Å². The molecule has 0 amide bonds. The zero-order valence-electron chi connectivity index (χ0n) is 7.61. The lowest BCUT2D eigenvalue weighted by Crippen LogP contribution is -1.90. The summed E-state index contributed by atoms with van der Waals surface area (Å²) in [5.41, 5.74) is 1.92. The summed E-state index contributed by atoms with van der Waals surface area (Å²) in [5, 5.41) is 1.07. The monoisotopic (exact) mass is 174 g/mol. The lowest BCUT2D eigenvalue weighted by molar-refractivity contribution is 0.399. The standard InChI is InChI=1S/C10H10N2O/c1-7-5-6-11-10-8(7)3-4-9(12-10)13-2/h3-6H,1-2H3. The van der Waals surface area contributed by atoms with Crippen LogP contribution in [0.15, 0.2) is 24.4 Å². The van der Waals surface area contributed by atoms with Crippen molar-refractivity contribution in [3.63, 3.8) is 0 Å². The van der Waals surface area contributed by atoms with Gasteiger partial charge in [0.05, 0.1) is 7.11 Å². The summed E-state index contributed by atoms with van der Waals surface area (Å²) in [5.74, 6) is 0.602. The maximum Gasteiger partial charge on any atom is 0.215 e. The van der Waals surface area contributed by atoms with Crippen LogP contribution >= 0.6 is 0 Å². The predicted molar refractivity (Wildman–Crippen MR) is 50.8 cm³/mol. The Bertz CT molecular complexity index is 440. The minimum absolute atomic E-state index is 0.602. The number of aryl methyl sites for hydroxylation is 1. The fourth-order valence-electron chi connectivity index (χ4n) is 1.26. The first-order valence-corrected chi connectivity index (χ1v) is 4.07. The van der Waals surface area contributed by atoms with Gasteiger partial charge in [0.2, 0.25) is 5.88 Å². The predicted octanol–water partition coefficient (Wildman–Crippen LogP) is 1.95. The molecule has 3 heteroatoms. The summed E-state index contributed by atoms with van der Waals surface area (Å²) < 4.78 is 5.01. The van der Waals surface area contributed by atoms with Gasteiger partial charge < -0.3 is 4.74 Å². The summed E-state index contributed by atoms with van der Waals surface area (Å²) in [7, 11) is 1.60. The molecule has 0 aliphatic rings. The van der Waals surface area contributed by atoms with Crippen molar-refractivity contribution >= 4 is 11.0 Å². The fourth-order valence-corrected chi connectivity index (χ4v) is 1.26. The molecule has 0 fully saturated rings. The number of aromatic nitrogens is 2. The maximum atomic E-state index is 5.01. The van der Waals surface area contributed by atoms with E-state index in [0.29, 0.717) is 5.88 Å². The van der Waals surface area contributed by atoms with Crippen LogP contribution in [0.3, 0.4) is 0 Å². The molecular weight excluding hydrogens is 164 g/mol. The van der Waals surface area contributed by atoms with Crippen molar-refractivity contribution in [2.45, 2.75) is 6.92 Å². The maximum absolute atomic E-state index is 5.01. The van der Waals surface area contributed by atoms with Gasteiger partial charge in [-0.15, -0.1) is 0 Å². The van der Waals surface area contributed by atoms with Crippen LogP contribution in [-0.4, -0.2) is 17.1 Å². The Morgan fingerprint density at radius 2 is 2.08 bits per heavy atom. The molecule has 0 aliphatic heterocycles. The Hall–Kier alpha value is -1.64. The highest BCUT2D eigenvalue weighted by Crippen LogP contribution is 2.17. The molecule has 66 valence electrons. The van der Waals surface area contributed by atoms with Crippen molar-refractivity contribution in [1.29, 1.82) is 0 Å². The number of methoxy groups -OCH3 is 1. The third-order valence-corrected chi connectivity index (χ3v) is 2.00. The van der Waals surface area contributed by atoms with Crippen LogP contribution in [0.1, 0.15) is 5.56 Å². The van der Waals surface area contributed by atoms with Crippen molar-refractivity contribution in [2.24, 2.45) is 0 Å². The summed E-state index contributed by atoms with van der Waals surface area (Å²) in [6, 6.07) is 5.79. The Kier molecular flexibility index (Phi) is 1.85. The number of rotatable bonds is 1. The lowest BCUT2D eigenvalue weighted by Gasteiger charge is -2.01. The first-order chi connectivity index (χ1) is 6.31. The second-order valence-electron chi connectivity index (χ2n) is 2.85. The average Bonchev–Trinajstić information content (AvgIpc) is 2.18. The van der Waals surface area contributed by atoms with Crippen LogP contribution in [0.25, 0.3) is 11.0 Å². The molecule has 2 aromatic heterocycles. The fraction of sp³-hybridized carbons (Fsp3) is 0.200. The number of pyridine rings is 2. The Morgan fingerprint density at radius 3 is 2.85 bits per heavy atom. The van der Waals surface area contributed by atoms with E-state index in [1.807, 2.05) is 25.1 Å². The normalized spacial score (nSPS) is 10.3. The Balaban J connectivity index is 2.72. The SMILES string of the molecule is COc1ccc2c(C)ccnc2n1. The van der Waals surface area contributed by atoms with Crippen LogP contribution in [0.4, 0.5) is 0 Å². The van der Waals surface area contributed by atoms with E-state index in [1.165, 1.54) is 5.56 Å². The highest BCUT2D eigenvalue weighted by atomic mass is 16.5. The number of fused-ring (bicyclic) bond motifs is 1. The number of hydrogen-bond donors (Lipinski definition) is 0. The highest BCUT2D eigenvalue weighted by Gasteiger charge is 2.00. The van der Waals surface area contributed by atoms with E-state index < -0.39 is 0 Å². The number of hydrogen-bond acceptors (Lipinski definition) is 3. The molecule has 0 radical (unpaired) electrons. The van der Waals surface area contributed by atoms with Gasteiger partial charge in [0.15, 0.2) is 5.65 Å². The van der Waals surface area contributed by atoms with Crippen molar-refractivity contribution in [2.75, 3.05) is 7.11 Å². The molecule has 0 bridgehead atoms. The van der Waals surface area contributed by atoms with Crippen LogP contribution in [0.2, 0.25) is 0 Å². The summed E-state index contributed by atoms with van der Waals surface area (Å²) >= 11 is 0. The van der Waals surface area contributed by atoms with E-state index in [0.717, 1.165) is 11.0 Å². The van der Waals surface area contributed by atoms with Gasteiger partial charge in [0.25, 0.3) is 0 Å². The van der Waals surface area contributed by atoms with Crippen molar-refractivity contribution in [1.82, 2.24) is 9.97 Å². The quantitative estimate of drug-likeness (QED) is 0.662. The topological polar surface area (TPSA) is 35.0 Å². The highest BCUT2D eigenvalue weighted by molar-refractivity contribution is 5.78. The third-order valence-electron chi connectivity index (χ3n) is 2.00. The van der Waals surface area contributed by atoms with Gasteiger partial charge in [-0.1, -0.05) is 0 Å². The van der Waals surface area contributed by atoms with Crippen molar-refractivity contribution in [3.05, 3.63) is 30.0 Å². The summed E-state index contributed by atoms with van der Waals surface area (Å²) in [6.07, 6.45) is 1.75. The molecule has 0 saturated heterocycles. The van der Waals surface area contributed by atoms with E-state index >= 15 is 0 Å². The summed E-state index contributed by atoms with van der Waals surface area (Å²) in [6.45, 7) is 2.04. The zero-order valence-corrected chi connectivity index (χ0v) is 7.61. The smallest absolute Gasteiger partial charge is 0.215 e. The Labute approximate surface area is 76.4 Å². The van der Waals surface area contributed by atoms with Gasteiger partial charge in [0.1, 0.15) is 0 Å². The van der Waals surface area contributed by atoms with Gasteiger partial charge in [-0.05, 0) is 24.6 Å². The zero-order chi connectivity index (χ0) is 9.26. The minimum Gasteiger partial charge on any atom is -0.481 e. The molecule has 0 spiro atoms. The van der Waals surface area contributed by atoms with Gasteiger partial charge in [-0.2, -0.15) is 4.98 Å². The van der Waals surface area contributed by atoms with E-state index in [1.54, 1.807) is 13.3 Å². The number of nitrogens with zero attached hydrogens (tertiary/aromatic N) is 2. The molecule has 0 aromatic carbocycles. The largest absolute Gasteiger partial charge is 0.481 e. The second kappa shape index (κ2) is 3.01. The summed E-state index contributed by atoms with van der Waals surface area (Å²) in [4.78, 5) is 8.38. The Morgan fingerprint density at radius 1 is 1.23 bits per heavy atom. The van der Waals surface area contributed by atoms with Crippen LogP contribution in [-0.2, 0) is 0 Å². The lowest BCUT2D eigenvalue weighted by atomic mass is 10.2. The number of ether oxygens (including phenoxy) is 1. The van der Waals surface area contributed by atoms with Gasteiger partial charge >= 0.3 is 0 Å². The van der Waals surface area contributed by atoms with Crippen molar-refractivity contribution < 1.29 is 4.74 Å². The molecular formula is C10H10N2O. The van der Waals surface area contributed by atoms with Gasteiger partial charge in [-0.3, -0.25) is 0 Å². The molecule has 0 aliphatic carbocycles. The first-order valence-electron chi connectivity index (χ1n) is 4.07. The first kappa shape index (κ1) is 7.98. The van der Waals surface area contributed by atoms with Crippen molar-refractivity contribution in [3.8, 4) is 5.88 Å². The molecule has 0 atom stereocenters. The van der Waals surface area contributed by atoms with Gasteiger partial charge in [0, 0.05) is 17.6 Å². The molecule has 2 rings (SSSR count). The molecule has 0 unspecified atom stereocenters. The molecule has 0 saturated carbocycles. The molecule has 3 nitrogen and oxygen atoms in total. The van der Waals surface area contributed by atoms with Crippen LogP contribution in [0.5, 0.6) is 5.88 Å². The minimum atomic E-state index is 0.602. The molecule has 13 heavy (non-hydrogen) atoms. The van der Waals surface area contributed by atoms with Crippen LogP contribution in [0, 0.1) is 6.92 Å². The van der Waals surface area contributed by atoms with E-state index in [-0.39, 0.29) is 0 Å². The molecule has 2 aromatic rings. The van der Waals surface area contributed by atoms with Gasteiger partial charge in [-0.25, -0.2) is 4.98 Å². The van der Waals surface area contributed by atoms with Crippen LogP contribution < -0.4 is 4.74 Å². The average molecular weight is 174 g/mol. The molecule has 0 N–H and O–H groups in total. The molecule has 2 heterocycles.